The fourth-order valence-electron chi connectivity index (χ4n) is 4.01. The number of aryl methyl sites for hydroxylation is 1. The highest BCUT2D eigenvalue weighted by atomic mass is 16.2. The fourth-order valence-corrected chi connectivity index (χ4v) is 4.01. The number of fused-ring (bicyclic) bond motifs is 1. The van der Waals surface area contributed by atoms with Crippen molar-refractivity contribution in [2.75, 3.05) is 0 Å². The highest BCUT2D eigenvalue weighted by Crippen LogP contribution is 2.16. The van der Waals surface area contributed by atoms with Gasteiger partial charge in [-0.25, -0.2) is 14.3 Å². The van der Waals surface area contributed by atoms with Crippen LogP contribution in [0.4, 0.5) is 0 Å². The maximum absolute atomic E-state index is 13.6. The van der Waals surface area contributed by atoms with Crippen LogP contribution < -0.4 is 11.2 Å². The van der Waals surface area contributed by atoms with Gasteiger partial charge >= 0.3 is 5.69 Å². The predicted octanol–water partition coefficient (Wildman–Crippen LogP) is 3.53. The first-order valence-electron chi connectivity index (χ1n) is 10.5. The Morgan fingerprint density at radius 3 is 1.94 bits per heavy atom. The maximum atomic E-state index is 13.6. The van der Waals surface area contributed by atoms with Crippen LogP contribution >= 0.6 is 0 Å². The van der Waals surface area contributed by atoms with E-state index in [0.29, 0.717) is 29.8 Å². The van der Waals surface area contributed by atoms with Crippen LogP contribution in [0.15, 0.2) is 101 Å². The van der Waals surface area contributed by atoms with E-state index in [0.717, 1.165) is 17.0 Å². The molecule has 0 atom stereocenters. The number of benzene rings is 3. The Balaban J connectivity index is 1.78. The highest BCUT2D eigenvalue weighted by Gasteiger charge is 2.21. The zero-order valence-corrected chi connectivity index (χ0v) is 17.7. The van der Waals surface area contributed by atoms with Crippen LogP contribution in [0.2, 0.25) is 0 Å². The average Bonchev–Trinajstić information content (AvgIpc) is 3.15. The molecule has 0 saturated carbocycles. The van der Waals surface area contributed by atoms with E-state index in [9.17, 15) is 9.59 Å². The molecule has 32 heavy (non-hydrogen) atoms. The lowest BCUT2D eigenvalue weighted by molar-refractivity contribution is 0.706. The molecular weight excluding hydrogens is 400 g/mol. The molecule has 0 spiro atoms. The predicted molar refractivity (Wildman–Crippen MR) is 125 cm³/mol. The first-order valence-corrected chi connectivity index (χ1v) is 10.5. The summed E-state index contributed by atoms with van der Waals surface area (Å²) in [6, 6.07) is 28.7. The lowest BCUT2D eigenvalue weighted by atomic mass is 10.1. The van der Waals surface area contributed by atoms with Crippen LogP contribution in [-0.4, -0.2) is 18.7 Å². The minimum atomic E-state index is -0.401. The van der Waals surface area contributed by atoms with Gasteiger partial charge in [0.15, 0.2) is 11.2 Å². The summed E-state index contributed by atoms with van der Waals surface area (Å²) in [5.74, 6) is 0.732. The van der Waals surface area contributed by atoms with Crippen molar-refractivity contribution in [3.8, 4) is 5.69 Å². The first-order chi connectivity index (χ1) is 15.6. The minimum Gasteiger partial charge on any atom is -0.325 e. The van der Waals surface area contributed by atoms with Crippen LogP contribution in [0.25, 0.3) is 16.9 Å². The molecule has 2 aromatic heterocycles. The van der Waals surface area contributed by atoms with Gasteiger partial charge in [-0.1, -0.05) is 78.9 Å². The average molecular weight is 422 g/mol. The number of rotatable bonds is 5. The standard InChI is InChI=1S/C26H22N4O2/c1-28-22(17-19-11-5-2-6-12-19)27-24-23(28)25(31)30(21-15-9-4-10-16-21)26(32)29(24)18-20-13-7-3-8-14-20/h2-16H,17-18H2,1H3. The molecule has 2 heterocycles. The van der Waals surface area contributed by atoms with Crippen LogP contribution in [0.3, 0.4) is 0 Å². The smallest absolute Gasteiger partial charge is 0.325 e. The molecule has 6 heteroatoms. The molecule has 6 nitrogen and oxygen atoms in total. The van der Waals surface area contributed by atoms with Crippen molar-refractivity contribution in [1.82, 2.24) is 18.7 Å². The Morgan fingerprint density at radius 2 is 1.31 bits per heavy atom. The third-order valence-corrected chi connectivity index (χ3v) is 5.66. The van der Waals surface area contributed by atoms with E-state index in [2.05, 4.69) is 0 Å². The third kappa shape index (κ3) is 3.46. The highest BCUT2D eigenvalue weighted by molar-refractivity contribution is 5.72. The van der Waals surface area contributed by atoms with Crippen molar-refractivity contribution in [2.45, 2.75) is 13.0 Å². The second kappa shape index (κ2) is 8.15. The normalized spacial score (nSPS) is 11.2. The van der Waals surface area contributed by atoms with E-state index in [1.54, 1.807) is 16.7 Å². The van der Waals surface area contributed by atoms with Crippen molar-refractivity contribution in [1.29, 1.82) is 0 Å². The molecule has 0 aliphatic rings. The summed E-state index contributed by atoms with van der Waals surface area (Å²) >= 11 is 0. The Kier molecular flexibility index (Phi) is 5.03. The number of nitrogens with zero attached hydrogens (tertiary/aromatic N) is 4. The lowest BCUT2D eigenvalue weighted by Crippen LogP contribution is -2.39. The quantitative estimate of drug-likeness (QED) is 0.435. The summed E-state index contributed by atoms with van der Waals surface area (Å²) in [6.07, 6.45) is 0.566. The molecule has 5 rings (SSSR count). The van der Waals surface area contributed by atoms with E-state index in [-0.39, 0.29) is 5.56 Å². The second-order valence-electron chi connectivity index (χ2n) is 7.75. The fraction of sp³-hybridized carbons (Fsp3) is 0.115. The molecule has 0 unspecified atom stereocenters. The molecule has 0 aliphatic carbocycles. The van der Waals surface area contributed by atoms with E-state index in [1.165, 1.54) is 4.57 Å². The van der Waals surface area contributed by atoms with Gasteiger partial charge in [-0.3, -0.25) is 9.36 Å². The number of hydrogen-bond acceptors (Lipinski definition) is 3. The van der Waals surface area contributed by atoms with Gasteiger partial charge in [0.1, 0.15) is 5.82 Å². The van der Waals surface area contributed by atoms with E-state index in [1.807, 2.05) is 90.5 Å². The molecule has 0 bridgehead atoms. The molecule has 0 saturated heterocycles. The maximum Gasteiger partial charge on any atom is 0.337 e. The molecule has 0 fully saturated rings. The van der Waals surface area contributed by atoms with Gasteiger partial charge in [0.2, 0.25) is 0 Å². The van der Waals surface area contributed by atoms with Gasteiger partial charge in [0, 0.05) is 13.5 Å². The largest absolute Gasteiger partial charge is 0.337 e. The molecule has 0 radical (unpaired) electrons. The molecule has 158 valence electrons. The number of hydrogen-bond donors (Lipinski definition) is 0. The first kappa shape index (κ1) is 19.8. The SMILES string of the molecule is Cn1c(Cc2ccccc2)nc2c1c(=O)n(-c1ccccc1)c(=O)n2Cc1ccccc1. The van der Waals surface area contributed by atoms with E-state index in [4.69, 9.17) is 4.98 Å². The Labute approximate surface area is 184 Å². The van der Waals surface area contributed by atoms with Gasteiger partial charge in [-0.2, -0.15) is 0 Å². The molecule has 0 aliphatic heterocycles. The topological polar surface area (TPSA) is 61.8 Å². The third-order valence-electron chi connectivity index (χ3n) is 5.66. The molecule has 5 aromatic rings. The number of aromatic nitrogens is 4. The molecule has 0 amide bonds. The van der Waals surface area contributed by atoms with Crippen LogP contribution in [0.5, 0.6) is 0 Å². The summed E-state index contributed by atoms with van der Waals surface area (Å²) in [7, 11) is 1.83. The lowest BCUT2D eigenvalue weighted by Gasteiger charge is -2.12. The summed E-state index contributed by atoms with van der Waals surface area (Å²) in [5, 5.41) is 0. The molecule has 3 aromatic carbocycles. The van der Waals surface area contributed by atoms with Crippen molar-refractivity contribution >= 4 is 11.2 Å². The van der Waals surface area contributed by atoms with Crippen molar-refractivity contribution in [3.63, 3.8) is 0 Å². The van der Waals surface area contributed by atoms with Crippen LogP contribution in [0.1, 0.15) is 17.0 Å². The van der Waals surface area contributed by atoms with Crippen LogP contribution in [-0.2, 0) is 20.0 Å². The van der Waals surface area contributed by atoms with E-state index >= 15 is 0 Å². The van der Waals surface area contributed by atoms with Crippen molar-refractivity contribution in [2.24, 2.45) is 7.05 Å². The zero-order chi connectivity index (χ0) is 22.1. The summed E-state index contributed by atoms with van der Waals surface area (Å²) in [6.45, 7) is 0.324. The Bertz CT molecular complexity index is 1500. The number of para-hydroxylation sites is 1. The van der Waals surface area contributed by atoms with Gasteiger partial charge in [-0.05, 0) is 23.3 Å². The Morgan fingerprint density at radius 1 is 0.750 bits per heavy atom. The zero-order valence-electron chi connectivity index (χ0n) is 17.7. The van der Waals surface area contributed by atoms with Gasteiger partial charge in [0.25, 0.3) is 5.56 Å². The second-order valence-corrected chi connectivity index (χ2v) is 7.75. The summed E-state index contributed by atoms with van der Waals surface area (Å²) < 4.78 is 4.64. The monoisotopic (exact) mass is 422 g/mol. The number of imidazole rings is 1. The minimum absolute atomic E-state index is 0.324. The van der Waals surface area contributed by atoms with Gasteiger partial charge in [0.05, 0.1) is 12.2 Å². The van der Waals surface area contributed by atoms with Gasteiger partial charge in [-0.15, -0.1) is 0 Å². The molecule has 0 N–H and O–H groups in total. The van der Waals surface area contributed by atoms with Crippen molar-refractivity contribution in [3.05, 3.63) is 129 Å². The van der Waals surface area contributed by atoms with Gasteiger partial charge < -0.3 is 4.57 Å². The molecular formula is C26H22N4O2. The summed E-state index contributed by atoms with van der Waals surface area (Å²) in [5.41, 5.74) is 2.64. The Hall–Kier alpha value is -4.19. The van der Waals surface area contributed by atoms with Crippen LogP contribution in [0, 0.1) is 0 Å². The summed E-state index contributed by atoms with van der Waals surface area (Å²) in [4.78, 5) is 31.9. The van der Waals surface area contributed by atoms with Crippen molar-refractivity contribution < 1.29 is 0 Å². The van der Waals surface area contributed by atoms with E-state index < -0.39 is 5.69 Å².